The second kappa shape index (κ2) is 5.11. The van der Waals surface area contributed by atoms with Crippen molar-refractivity contribution in [2.75, 3.05) is 18.4 Å². The first-order valence-corrected chi connectivity index (χ1v) is 6.61. The number of carbonyl (C=O) groups is 1. The Bertz CT molecular complexity index is 448. The van der Waals surface area contributed by atoms with E-state index in [1.807, 2.05) is 19.1 Å². The first-order chi connectivity index (χ1) is 8.51. The van der Waals surface area contributed by atoms with Crippen molar-refractivity contribution in [2.24, 2.45) is 5.41 Å². The number of piperidine rings is 1. The fraction of sp³-hybridized carbons (Fsp3) is 0.533. The van der Waals surface area contributed by atoms with Crippen molar-refractivity contribution in [3.63, 3.8) is 0 Å². The van der Waals surface area contributed by atoms with E-state index in [4.69, 9.17) is 0 Å². The summed E-state index contributed by atoms with van der Waals surface area (Å²) in [5.74, 6) is 0.149. The number of carbonyl (C=O) groups excluding carboxylic acids is 1. The predicted octanol–water partition coefficient (Wildman–Crippen LogP) is 2.63. The Morgan fingerprint density at radius 2 is 1.94 bits per heavy atom. The predicted molar refractivity (Wildman–Crippen MR) is 74.8 cm³/mol. The van der Waals surface area contributed by atoms with Crippen LogP contribution in [0, 0.1) is 19.3 Å². The fourth-order valence-electron chi connectivity index (χ4n) is 2.43. The molecule has 0 atom stereocenters. The quantitative estimate of drug-likeness (QED) is 0.842. The summed E-state index contributed by atoms with van der Waals surface area (Å²) in [6.45, 7) is 8.01. The molecule has 1 amide bonds. The molecule has 18 heavy (non-hydrogen) atoms. The molecule has 3 heteroatoms. The molecule has 2 N–H and O–H groups in total. The highest BCUT2D eigenvalue weighted by Gasteiger charge is 2.34. The van der Waals surface area contributed by atoms with E-state index in [0.717, 1.165) is 37.2 Å². The van der Waals surface area contributed by atoms with Crippen LogP contribution in [0.3, 0.4) is 0 Å². The summed E-state index contributed by atoms with van der Waals surface area (Å²) in [4.78, 5) is 12.4. The van der Waals surface area contributed by atoms with E-state index in [2.05, 4.69) is 30.5 Å². The number of benzene rings is 1. The van der Waals surface area contributed by atoms with Gasteiger partial charge in [0.2, 0.25) is 5.91 Å². The molecule has 1 heterocycles. The van der Waals surface area contributed by atoms with Gasteiger partial charge in [0, 0.05) is 11.1 Å². The Kier molecular flexibility index (Phi) is 3.71. The van der Waals surface area contributed by atoms with E-state index in [0.29, 0.717) is 0 Å². The molecule has 0 aliphatic carbocycles. The van der Waals surface area contributed by atoms with Gasteiger partial charge in [0.15, 0.2) is 0 Å². The first kappa shape index (κ1) is 13.1. The van der Waals surface area contributed by atoms with Crippen molar-refractivity contribution in [1.29, 1.82) is 0 Å². The Morgan fingerprint density at radius 3 is 2.56 bits per heavy atom. The molecular weight excluding hydrogens is 224 g/mol. The topological polar surface area (TPSA) is 41.1 Å². The lowest BCUT2D eigenvalue weighted by atomic mass is 9.80. The molecule has 0 spiro atoms. The third-order valence-electron chi connectivity index (χ3n) is 3.89. The lowest BCUT2D eigenvalue weighted by Crippen LogP contribution is -2.42. The van der Waals surface area contributed by atoms with Gasteiger partial charge in [-0.25, -0.2) is 0 Å². The lowest BCUT2D eigenvalue weighted by Gasteiger charge is -2.32. The Balaban J connectivity index is 2.11. The zero-order chi connectivity index (χ0) is 13.2. The van der Waals surface area contributed by atoms with E-state index in [-0.39, 0.29) is 11.3 Å². The van der Waals surface area contributed by atoms with Crippen molar-refractivity contribution in [3.05, 3.63) is 29.3 Å². The summed E-state index contributed by atoms with van der Waals surface area (Å²) in [6, 6.07) is 6.13. The lowest BCUT2D eigenvalue weighted by molar-refractivity contribution is -0.126. The summed E-state index contributed by atoms with van der Waals surface area (Å²) >= 11 is 0. The minimum absolute atomic E-state index is 0.149. The second-order valence-electron chi connectivity index (χ2n) is 5.58. The number of nitrogens with one attached hydrogen (secondary N) is 2. The third kappa shape index (κ3) is 2.72. The minimum Gasteiger partial charge on any atom is -0.325 e. The molecule has 3 nitrogen and oxygen atoms in total. The normalized spacial score (nSPS) is 18.4. The first-order valence-electron chi connectivity index (χ1n) is 6.61. The number of rotatable bonds is 2. The molecule has 0 saturated carbocycles. The zero-order valence-electron chi connectivity index (χ0n) is 11.5. The number of aryl methyl sites for hydroxylation is 2. The van der Waals surface area contributed by atoms with Gasteiger partial charge in [-0.2, -0.15) is 0 Å². The SMILES string of the molecule is Cc1ccc(NC(=O)C2(C)CCNCC2)c(C)c1. The van der Waals surface area contributed by atoms with Gasteiger partial charge < -0.3 is 10.6 Å². The Hall–Kier alpha value is -1.35. The number of anilines is 1. The van der Waals surface area contributed by atoms with Crippen molar-refractivity contribution in [1.82, 2.24) is 5.32 Å². The largest absolute Gasteiger partial charge is 0.325 e. The van der Waals surface area contributed by atoms with E-state index >= 15 is 0 Å². The molecule has 0 aromatic heterocycles. The maximum absolute atomic E-state index is 12.4. The van der Waals surface area contributed by atoms with Crippen molar-refractivity contribution < 1.29 is 4.79 Å². The van der Waals surface area contributed by atoms with Crippen LogP contribution in [0.4, 0.5) is 5.69 Å². The molecule has 1 aliphatic rings. The molecule has 0 radical (unpaired) electrons. The van der Waals surface area contributed by atoms with Crippen molar-refractivity contribution >= 4 is 11.6 Å². The third-order valence-corrected chi connectivity index (χ3v) is 3.89. The van der Waals surface area contributed by atoms with Gasteiger partial charge in [-0.3, -0.25) is 4.79 Å². The zero-order valence-corrected chi connectivity index (χ0v) is 11.5. The van der Waals surface area contributed by atoms with Gasteiger partial charge in [0.1, 0.15) is 0 Å². The molecule has 1 aromatic rings. The summed E-state index contributed by atoms with van der Waals surface area (Å²) in [5, 5.41) is 6.38. The van der Waals surface area contributed by atoms with Crippen LogP contribution in [-0.4, -0.2) is 19.0 Å². The van der Waals surface area contributed by atoms with E-state index in [1.165, 1.54) is 5.56 Å². The Morgan fingerprint density at radius 1 is 1.28 bits per heavy atom. The molecule has 0 bridgehead atoms. The van der Waals surface area contributed by atoms with Crippen molar-refractivity contribution in [3.8, 4) is 0 Å². The van der Waals surface area contributed by atoms with E-state index in [1.54, 1.807) is 0 Å². The van der Waals surface area contributed by atoms with Crippen LogP contribution >= 0.6 is 0 Å². The van der Waals surface area contributed by atoms with Gasteiger partial charge in [0.25, 0.3) is 0 Å². The van der Waals surface area contributed by atoms with Crippen LogP contribution in [-0.2, 0) is 4.79 Å². The maximum atomic E-state index is 12.4. The van der Waals surface area contributed by atoms with Crippen molar-refractivity contribution in [2.45, 2.75) is 33.6 Å². The van der Waals surface area contributed by atoms with Gasteiger partial charge >= 0.3 is 0 Å². The average molecular weight is 246 g/mol. The highest BCUT2D eigenvalue weighted by molar-refractivity contribution is 5.95. The van der Waals surface area contributed by atoms with Crippen LogP contribution in [0.25, 0.3) is 0 Å². The van der Waals surface area contributed by atoms with Crippen LogP contribution in [0.5, 0.6) is 0 Å². The number of hydrogen-bond donors (Lipinski definition) is 2. The highest BCUT2D eigenvalue weighted by atomic mass is 16.2. The van der Waals surface area contributed by atoms with Gasteiger partial charge in [-0.15, -0.1) is 0 Å². The number of hydrogen-bond acceptors (Lipinski definition) is 2. The van der Waals surface area contributed by atoms with E-state index in [9.17, 15) is 4.79 Å². The summed E-state index contributed by atoms with van der Waals surface area (Å²) in [7, 11) is 0. The number of amides is 1. The minimum atomic E-state index is -0.234. The molecule has 1 fully saturated rings. The molecule has 1 aliphatic heterocycles. The molecule has 1 aromatic carbocycles. The van der Waals surface area contributed by atoms with Gasteiger partial charge in [-0.1, -0.05) is 24.6 Å². The van der Waals surface area contributed by atoms with Crippen LogP contribution in [0.2, 0.25) is 0 Å². The van der Waals surface area contributed by atoms with E-state index < -0.39 is 0 Å². The van der Waals surface area contributed by atoms with Crippen LogP contribution < -0.4 is 10.6 Å². The van der Waals surface area contributed by atoms with Gasteiger partial charge in [-0.05, 0) is 51.4 Å². The Labute approximate surface area is 109 Å². The second-order valence-corrected chi connectivity index (χ2v) is 5.58. The highest BCUT2D eigenvalue weighted by Crippen LogP contribution is 2.30. The average Bonchev–Trinajstić information content (AvgIpc) is 2.33. The maximum Gasteiger partial charge on any atom is 0.230 e. The molecular formula is C15H22N2O. The van der Waals surface area contributed by atoms with Crippen LogP contribution in [0.15, 0.2) is 18.2 Å². The van der Waals surface area contributed by atoms with Crippen LogP contribution in [0.1, 0.15) is 30.9 Å². The standard InChI is InChI=1S/C15H22N2O/c1-11-4-5-13(12(2)10-11)17-14(18)15(3)6-8-16-9-7-15/h4-5,10,16H,6-9H2,1-3H3,(H,17,18). The smallest absolute Gasteiger partial charge is 0.230 e. The molecule has 98 valence electrons. The summed E-state index contributed by atoms with van der Waals surface area (Å²) in [5.41, 5.74) is 3.05. The molecule has 1 saturated heterocycles. The monoisotopic (exact) mass is 246 g/mol. The summed E-state index contributed by atoms with van der Waals surface area (Å²) in [6.07, 6.45) is 1.81. The fourth-order valence-corrected chi connectivity index (χ4v) is 2.43. The summed E-state index contributed by atoms with van der Waals surface area (Å²) < 4.78 is 0. The molecule has 2 rings (SSSR count). The van der Waals surface area contributed by atoms with Gasteiger partial charge in [0.05, 0.1) is 0 Å². The molecule has 0 unspecified atom stereocenters.